The average Bonchev–Trinajstić information content (AvgIpc) is 3.40. The number of aromatic nitrogens is 3. The zero-order chi connectivity index (χ0) is 22.6. The van der Waals surface area contributed by atoms with Crippen molar-refractivity contribution in [2.24, 2.45) is 0 Å². The van der Waals surface area contributed by atoms with Crippen molar-refractivity contribution in [1.82, 2.24) is 24.3 Å². The SMILES string of the molecule is CC1c2nc(C(=O)N3CCOCC3)cn2CCN1Cc1nccs1.O=C(O)C(F)(F)F. The highest BCUT2D eigenvalue weighted by molar-refractivity contribution is 7.09. The second-order valence-corrected chi connectivity index (χ2v) is 7.94. The van der Waals surface area contributed by atoms with Gasteiger partial charge in [-0.1, -0.05) is 0 Å². The second kappa shape index (κ2) is 9.75. The Hall–Kier alpha value is -2.51. The van der Waals surface area contributed by atoms with Gasteiger partial charge in [0.05, 0.1) is 25.8 Å². The number of hydrogen-bond acceptors (Lipinski definition) is 7. The number of rotatable bonds is 3. The number of carboxylic acids is 1. The summed E-state index contributed by atoms with van der Waals surface area (Å²) in [4.78, 5) is 34.8. The van der Waals surface area contributed by atoms with Crippen LogP contribution in [-0.4, -0.2) is 80.3 Å². The lowest BCUT2D eigenvalue weighted by Gasteiger charge is -2.32. The van der Waals surface area contributed by atoms with Gasteiger partial charge in [-0.15, -0.1) is 11.3 Å². The van der Waals surface area contributed by atoms with Crippen LogP contribution < -0.4 is 0 Å². The van der Waals surface area contributed by atoms with E-state index < -0.39 is 12.1 Å². The number of halogens is 3. The zero-order valence-electron chi connectivity index (χ0n) is 16.7. The molecule has 0 bridgehead atoms. The number of carbonyl (C=O) groups is 2. The molecule has 4 rings (SSSR count). The Morgan fingerprint density at radius 3 is 2.52 bits per heavy atom. The van der Waals surface area contributed by atoms with Crippen LogP contribution >= 0.6 is 11.3 Å². The van der Waals surface area contributed by atoms with Crippen LogP contribution in [0.3, 0.4) is 0 Å². The summed E-state index contributed by atoms with van der Waals surface area (Å²) in [5.74, 6) is -1.78. The highest BCUT2D eigenvalue weighted by atomic mass is 32.1. The molecule has 9 nitrogen and oxygen atoms in total. The van der Waals surface area contributed by atoms with Gasteiger partial charge in [-0.25, -0.2) is 14.8 Å². The molecular weight excluding hydrogens is 439 g/mol. The summed E-state index contributed by atoms with van der Waals surface area (Å²) >= 11 is 1.68. The summed E-state index contributed by atoms with van der Waals surface area (Å²) in [6.45, 7) is 7.28. The maximum Gasteiger partial charge on any atom is 0.490 e. The van der Waals surface area contributed by atoms with Gasteiger partial charge in [0.1, 0.15) is 16.5 Å². The number of aliphatic carboxylic acids is 1. The number of amides is 1. The van der Waals surface area contributed by atoms with Gasteiger partial charge in [0.2, 0.25) is 0 Å². The minimum absolute atomic E-state index is 0.0128. The number of nitrogens with zero attached hydrogens (tertiary/aromatic N) is 5. The lowest BCUT2D eigenvalue weighted by molar-refractivity contribution is -0.192. The molecule has 1 amide bonds. The van der Waals surface area contributed by atoms with Gasteiger partial charge >= 0.3 is 12.1 Å². The van der Waals surface area contributed by atoms with E-state index in [0.717, 1.165) is 30.5 Å². The van der Waals surface area contributed by atoms with Crippen LogP contribution in [0.2, 0.25) is 0 Å². The molecule has 2 aliphatic rings. The van der Waals surface area contributed by atoms with E-state index in [1.807, 2.05) is 22.7 Å². The first-order valence-corrected chi connectivity index (χ1v) is 10.4. The Morgan fingerprint density at radius 1 is 1.26 bits per heavy atom. The third-order valence-corrected chi connectivity index (χ3v) is 5.70. The smallest absolute Gasteiger partial charge is 0.475 e. The van der Waals surface area contributed by atoms with Crippen LogP contribution in [0.5, 0.6) is 0 Å². The van der Waals surface area contributed by atoms with Gasteiger partial charge in [-0.05, 0) is 6.92 Å². The Morgan fingerprint density at radius 2 is 1.94 bits per heavy atom. The summed E-state index contributed by atoms with van der Waals surface area (Å²) in [5.41, 5.74) is 0.551. The van der Waals surface area contributed by atoms with E-state index >= 15 is 0 Å². The summed E-state index contributed by atoms with van der Waals surface area (Å²) < 4.78 is 39.2. The molecule has 0 aromatic carbocycles. The monoisotopic (exact) mass is 461 g/mol. The van der Waals surface area contributed by atoms with E-state index in [4.69, 9.17) is 14.6 Å². The summed E-state index contributed by atoms with van der Waals surface area (Å²) in [6.07, 6.45) is -1.33. The molecule has 2 aromatic heterocycles. The van der Waals surface area contributed by atoms with E-state index in [2.05, 4.69) is 26.4 Å². The number of fused-ring (bicyclic) bond motifs is 1. The number of carbonyl (C=O) groups excluding carboxylic acids is 1. The molecule has 1 unspecified atom stereocenters. The van der Waals surface area contributed by atoms with Crippen molar-refractivity contribution in [2.45, 2.75) is 32.2 Å². The first-order valence-electron chi connectivity index (χ1n) is 9.53. The molecule has 0 spiro atoms. The van der Waals surface area contributed by atoms with Crippen molar-refractivity contribution in [1.29, 1.82) is 0 Å². The molecule has 0 radical (unpaired) electrons. The minimum atomic E-state index is -5.08. The number of ether oxygens (including phenoxy) is 1. The Labute approximate surface area is 180 Å². The fourth-order valence-corrected chi connectivity index (χ4v) is 3.93. The predicted molar refractivity (Wildman–Crippen MR) is 104 cm³/mol. The first-order chi connectivity index (χ1) is 14.7. The first kappa shape index (κ1) is 23.2. The van der Waals surface area contributed by atoms with E-state index in [9.17, 15) is 18.0 Å². The molecule has 1 N–H and O–H groups in total. The normalized spacial score (nSPS) is 19.4. The molecule has 1 saturated heterocycles. The number of imidazole rings is 1. The maximum atomic E-state index is 12.6. The third-order valence-electron chi connectivity index (χ3n) is 4.94. The largest absolute Gasteiger partial charge is 0.490 e. The minimum Gasteiger partial charge on any atom is -0.475 e. The van der Waals surface area contributed by atoms with Crippen LogP contribution in [0.1, 0.15) is 34.3 Å². The summed E-state index contributed by atoms with van der Waals surface area (Å²) in [7, 11) is 0. The predicted octanol–water partition coefficient (Wildman–Crippen LogP) is 2.02. The van der Waals surface area contributed by atoms with Crippen LogP contribution in [0, 0.1) is 0 Å². The van der Waals surface area contributed by atoms with Gasteiger partial charge in [0, 0.05) is 44.0 Å². The molecule has 2 aliphatic heterocycles. The molecule has 170 valence electrons. The highest BCUT2D eigenvalue weighted by Crippen LogP contribution is 2.27. The van der Waals surface area contributed by atoms with Crippen molar-refractivity contribution < 1.29 is 32.6 Å². The molecule has 1 atom stereocenters. The second-order valence-electron chi connectivity index (χ2n) is 6.96. The van der Waals surface area contributed by atoms with Crippen molar-refractivity contribution in [3.8, 4) is 0 Å². The van der Waals surface area contributed by atoms with E-state index in [0.29, 0.717) is 32.0 Å². The van der Waals surface area contributed by atoms with Gasteiger partial charge in [-0.2, -0.15) is 13.2 Å². The maximum absolute atomic E-state index is 12.6. The molecule has 0 saturated carbocycles. The fourth-order valence-electron chi connectivity index (χ4n) is 3.29. The number of carboxylic acid groups (broad SMARTS) is 1. The molecule has 2 aromatic rings. The standard InChI is InChI=1S/C16H21N5O2S.C2HF3O2/c1-12-15-18-13(16(22)19-5-7-23-8-6-19)10-21(15)4-3-20(12)11-14-17-2-9-24-14;3-2(4,5)1(6)7/h2,9-10,12H,3-8,11H2,1H3;(H,6,7). The van der Waals surface area contributed by atoms with Crippen molar-refractivity contribution >= 4 is 23.2 Å². The Kier molecular flexibility index (Phi) is 7.28. The molecule has 0 aliphatic carbocycles. The van der Waals surface area contributed by atoms with E-state index in [1.165, 1.54) is 0 Å². The number of morpholine rings is 1. The van der Waals surface area contributed by atoms with Crippen molar-refractivity contribution in [3.05, 3.63) is 34.3 Å². The molecule has 13 heteroatoms. The van der Waals surface area contributed by atoms with E-state index in [-0.39, 0.29) is 11.9 Å². The Balaban J connectivity index is 0.000000339. The Bertz CT molecular complexity index is 897. The van der Waals surface area contributed by atoms with E-state index in [1.54, 1.807) is 11.3 Å². The summed E-state index contributed by atoms with van der Waals surface area (Å²) in [5, 5.41) is 10.2. The molecule has 1 fully saturated rings. The van der Waals surface area contributed by atoms with Crippen LogP contribution in [0.25, 0.3) is 0 Å². The quantitative estimate of drug-likeness (QED) is 0.746. The third kappa shape index (κ3) is 5.80. The van der Waals surface area contributed by atoms with Crippen LogP contribution in [-0.2, 0) is 22.6 Å². The fraction of sp³-hybridized carbons (Fsp3) is 0.556. The number of alkyl halides is 3. The molecule has 31 heavy (non-hydrogen) atoms. The lowest BCUT2D eigenvalue weighted by atomic mass is 10.2. The highest BCUT2D eigenvalue weighted by Gasteiger charge is 2.38. The number of thiazole rings is 1. The molecule has 4 heterocycles. The van der Waals surface area contributed by atoms with Crippen molar-refractivity contribution in [3.63, 3.8) is 0 Å². The number of hydrogen-bond donors (Lipinski definition) is 1. The molecular formula is C18H22F3N5O4S. The average molecular weight is 461 g/mol. The topological polar surface area (TPSA) is 101 Å². The van der Waals surface area contributed by atoms with Gasteiger partial charge in [-0.3, -0.25) is 9.69 Å². The summed E-state index contributed by atoms with van der Waals surface area (Å²) in [6, 6.07) is 0.175. The zero-order valence-corrected chi connectivity index (χ0v) is 17.5. The van der Waals surface area contributed by atoms with Gasteiger partial charge < -0.3 is 19.3 Å². The van der Waals surface area contributed by atoms with Gasteiger partial charge in [0.25, 0.3) is 5.91 Å². The van der Waals surface area contributed by atoms with Gasteiger partial charge in [0.15, 0.2) is 0 Å². The van der Waals surface area contributed by atoms with Crippen molar-refractivity contribution in [2.75, 3.05) is 32.8 Å². The van der Waals surface area contributed by atoms with Crippen LogP contribution in [0.4, 0.5) is 13.2 Å². The van der Waals surface area contributed by atoms with Crippen LogP contribution in [0.15, 0.2) is 17.8 Å². The lowest BCUT2D eigenvalue weighted by Crippen LogP contribution is -2.40.